The smallest absolute Gasteiger partial charge is 0.191 e. The van der Waals surface area contributed by atoms with Gasteiger partial charge < -0.3 is 15.2 Å². The Labute approximate surface area is 127 Å². The molecular weight excluding hydrogens is 264 g/mol. The van der Waals surface area contributed by atoms with Crippen molar-refractivity contribution in [2.75, 3.05) is 19.6 Å². The van der Waals surface area contributed by atoms with Gasteiger partial charge in [0.05, 0.1) is 0 Å². The highest BCUT2D eigenvalue weighted by Gasteiger charge is 2.02. The van der Waals surface area contributed by atoms with E-state index in [-0.39, 0.29) is 0 Å². The van der Waals surface area contributed by atoms with Gasteiger partial charge in [0.15, 0.2) is 5.96 Å². The maximum Gasteiger partial charge on any atom is 0.191 e. The lowest BCUT2D eigenvalue weighted by atomic mass is 10.1. The Morgan fingerprint density at radius 1 is 1.48 bits per heavy atom. The molecule has 0 aliphatic heterocycles. The number of hydrogen-bond donors (Lipinski definition) is 2. The van der Waals surface area contributed by atoms with E-state index in [1.54, 1.807) is 6.33 Å². The van der Waals surface area contributed by atoms with Crippen molar-refractivity contribution in [2.24, 2.45) is 10.9 Å². The highest BCUT2D eigenvalue weighted by molar-refractivity contribution is 5.79. The maximum atomic E-state index is 4.57. The molecule has 0 fully saturated rings. The first-order valence-electron chi connectivity index (χ1n) is 7.67. The van der Waals surface area contributed by atoms with Crippen molar-refractivity contribution >= 4 is 5.96 Å². The van der Waals surface area contributed by atoms with Crippen molar-refractivity contribution in [1.29, 1.82) is 0 Å². The van der Waals surface area contributed by atoms with Crippen LogP contribution in [0.1, 0.15) is 33.0 Å². The number of rotatable bonds is 9. The topological polar surface area (TPSA) is 67.1 Å². The molecule has 1 aromatic rings. The predicted molar refractivity (Wildman–Crippen MR) is 87.4 cm³/mol. The third kappa shape index (κ3) is 6.92. The number of hydrogen-bond acceptors (Lipinski definition) is 3. The minimum absolute atomic E-state index is 0.665. The number of aliphatic imine (C=N–C) groups is 1. The fourth-order valence-corrected chi connectivity index (χ4v) is 1.81. The molecule has 1 heterocycles. The zero-order valence-corrected chi connectivity index (χ0v) is 13.5. The predicted octanol–water partition coefficient (Wildman–Crippen LogP) is 1.61. The third-order valence-electron chi connectivity index (χ3n) is 3.05. The van der Waals surface area contributed by atoms with Crippen molar-refractivity contribution in [1.82, 2.24) is 25.4 Å². The van der Waals surface area contributed by atoms with Crippen molar-refractivity contribution in [3.8, 4) is 0 Å². The van der Waals surface area contributed by atoms with E-state index >= 15 is 0 Å². The number of guanidine groups is 1. The summed E-state index contributed by atoms with van der Waals surface area (Å²) in [7, 11) is 0. The summed E-state index contributed by atoms with van der Waals surface area (Å²) in [6.45, 7) is 13.4. The zero-order valence-electron chi connectivity index (χ0n) is 13.5. The Morgan fingerprint density at radius 2 is 2.29 bits per heavy atom. The molecule has 0 bridgehead atoms. The summed E-state index contributed by atoms with van der Waals surface area (Å²) in [5.74, 6) is 2.51. The van der Waals surface area contributed by atoms with Gasteiger partial charge in [0.2, 0.25) is 0 Å². The van der Waals surface area contributed by atoms with Gasteiger partial charge in [-0.15, -0.1) is 16.8 Å². The molecule has 0 aliphatic carbocycles. The summed E-state index contributed by atoms with van der Waals surface area (Å²) in [5, 5.41) is 14.6. The van der Waals surface area contributed by atoms with Crippen molar-refractivity contribution in [3.63, 3.8) is 0 Å². The standard InChI is InChI=1S/C15H28N6/c1-5-8-16-15(17-9-7-13(3)4)18-10-11-21-12-19-20-14(21)6-2/h5,12-13H,1,6-11H2,2-4H3,(H2,16,17,18). The van der Waals surface area contributed by atoms with Crippen LogP contribution in [0.4, 0.5) is 0 Å². The lowest BCUT2D eigenvalue weighted by Crippen LogP contribution is -2.39. The number of aromatic nitrogens is 3. The second-order valence-corrected chi connectivity index (χ2v) is 5.30. The van der Waals surface area contributed by atoms with E-state index in [0.717, 1.165) is 44.3 Å². The van der Waals surface area contributed by atoms with Crippen LogP contribution in [0.25, 0.3) is 0 Å². The monoisotopic (exact) mass is 292 g/mol. The van der Waals surface area contributed by atoms with Crippen LogP contribution in [0.2, 0.25) is 0 Å². The minimum Gasteiger partial charge on any atom is -0.355 e. The minimum atomic E-state index is 0.665. The fraction of sp³-hybridized carbons (Fsp3) is 0.667. The van der Waals surface area contributed by atoms with Crippen LogP contribution in [0.15, 0.2) is 24.0 Å². The van der Waals surface area contributed by atoms with Gasteiger partial charge in [-0.25, -0.2) is 0 Å². The first-order valence-corrected chi connectivity index (χ1v) is 7.67. The Hall–Kier alpha value is -1.85. The van der Waals surface area contributed by atoms with Gasteiger partial charge in [0.25, 0.3) is 0 Å². The van der Waals surface area contributed by atoms with Crippen LogP contribution in [0.5, 0.6) is 0 Å². The lowest BCUT2D eigenvalue weighted by molar-refractivity contribution is 0.592. The van der Waals surface area contributed by atoms with E-state index in [4.69, 9.17) is 0 Å². The van der Waals surface area contributed by atoms with E-state index in [2.05, 4.69) is 57.7 Å². The van der Waals surface area contributed by atoms with E-state index in [1.165, 1.54) is 0 Å². The Morgan fingerprint density at radius 3 is 2.95 bits per heavy atom. The first-order chi connectivity index (χ1) is 10.2. The second kappa shape index (κ2) is 9.96. The molecule has 1 rings (SSSR count). The molecule has 6 nitrogen and oxygen atoms in total. The summed E-state index contributed by atoms with van der Waals surface area (Å²) in [4.78, 5) is 4.57. The van der Waals surface area contributed by atoms with Crippen LogP contribution in [-0.4, -0.2) is 40.4 Å². The van der Waals surface area contributed by atoms with Gasteiger partial charge in [0.1, 0.15) is 12.2 Å². The fourth-order valence-electron chi connectivity index (χ4n) is 1.81. The average Bonchev–Trinajstić information content (AvgIpc) is 2.91. The van der Waals surface area contributed by atoms with Gasteiger partial charge in [-0.3, -0.25) is 4.99 Å². The average molecular weight is 292 g/mol. The van der Waals surface area contributed by atoms with Gasteiger partial charge in [-0.05, 0) is 12.3 Å². The van der Waals surface area contributed by atoms with Crippen molar-refractivity contribution in [2.45, 2.75) is 40.2 Å². The van der Waals surface area contributed by atoms with Gasteiger partial charge in [-0.1, -0.05) is 26.8 Å². The van der Waals surface area contributed by atoms with Crippen molar-refractivity contribution in [3.05, 3.63) is 24.8 Å². The molecule has 21 heavy (non-hydrogen) atoms. The zero-order chi connectivity index (χ0) is 15.5. The molecule has 0 unspecified atom stereocenters. The normalized spacial score (nSPS) is 11.7. The van der Waals surface area contributed by atoms with E-state index < -0.39 is 0 Å². The quantitative estimate of drug-likeness (QED) is 0.412. The third-order valence-corrected chi connectivity index (χ3v) is 3.05. The van der Waals surface area contributed by atoms with E-state index in [1.807, 2.05) is 6.08 Å². The highest BCUT2D eigenvalue weighted by atomic mass is 15.3. The largest absolute Gasteiger partial charge is 0.355 e. The Bertz CT molecular complexity index is 435. The van der Waals surface area contributed by atoms with E-state index in [9.17, 15) is 0 Å². The van der Waals surface area contributed by atoms with E-state index in [0.29, 0.717) is 12.5 Å². The Balaban J connectivity index is 2.42. The summed E-state index contributed by atoms with van der Waals surface area (Å²) < 4.78 is 2.06. The molecule has 0 saturated heterocycles. The van der Waals surface area contributed by atoms with Gasteiger partial charge in [-0.2, -0.15) is 0 Å². The molecule has 0 aliphatic rings. The number of nitrogens with zero attached hydrogens (tertiary/aromatic N) is 4. The molecule has 0 amide bonds. The lowest BCUT2D eigenvalue weighted by Gasteiger charge is -2.12. The molecule has 6 heteroatoms. The van der Waals surface area contributed by atoms with Crippen LogP contribution >= 0.6 is 0 Å². The highest BCUT2D eigenvalue weighted by Crippen LogP contribution is 1.98. The molecule has 0 aromatic carbocycles. The summed E-state index contributed by atoms with van der Waals surface area (Å²) >= 11 is 0. The van der Waals surface area contributed by atoms with Crippen molar-refractivity contribution < 1.29 is 0 Å². The molecule has 1 aromatic heterocycles. The number of nitrogens with one attached hydrogen (secondary N) is 2. The first kappa shape index (κ1) is 17.2. The SMILES string of the molecule is C=CCNC(=NCCC(C)C)NCCn1cnnc1CC. The number of aryl methyl sites for hydroxylation is 1. The van der Waals surface area contributed by atoms with Gasteiger partial charge in [0, 0.05) is 32.6 Å². The molecule has 0 radical (unpaired) electrons. The van der Waals surface area contributed by atoms with Gasteiger partial charge >= 0.3 is 0 Å². The molecule has 2 N–H and O–H groups in total. The molecule has 0 saturated carbocycles. The van der Waals surface area contributed by atoms with Crippen LogP contribution in [-0.2, 0) is 13.0 Å². The summed E-state index contributed by atoms with van der Waals surface area (Å²) in [6.07, 6.45) is 5.58. The molecular formula is C15H28N6. The molecule has 0 spiro atoms. The van der Waals surface area contributed by atoms with Crippen LogP contribution in [0.3, 0.4) is 0 Å². The molecule has 118 valence electrons. The summed E-state index contributed by atoms with van der Waals surface area (Å²) in [5.41, 5.74) is 0. The summed E-state index contributed by atoms with van der Waals surface area (Å²) in [6, 6.07) is 0. The maximum absolute atomic E-state index is 4.57. The van der Waals surface area contributed by atoms with Crippen LogP contribution < -0.4 is 10.6 Å². The molecule has 0 atom stereocenters. The second-order valence-electron chi connectivity index (χ2n) is 5.30. The van der Waals surface area contributed by atoms with Crippen LogP contribution in [0, 0.1) is 5.92 Å². The Kier molecular flexibility index (Phi) is 8.16.